The number of para-hydroxylation sites is 2. The minimum Gasteiger partial charge on any atom is -0.391 e. The Hall–Kier alpha value is -1.53. The zero-order valence-electron chi connectivity index (χ0n) is 14.5. The number of carbonyl (C=O) groups excluding carboxylic acids is 1. The van der Waals surface area contributed by atoms with Crippen LogP contribution in [0.15, 0.2) is 30.6 Å². The van der Waals surface area contributed by atoms with Crippen LogP contribution in [-0.4, -0.2) is 56.2 Å². The van der Waals surface area contributed by atoms with E-state index in [-0.39, 0.29) is 18.1 Å². The highest BCUT2D eigenvalue weighted by Crippen LogP contribution is 2.42. The number of benzene rings is 1. The molecule has 2 fully saturated rings. The monoisotopic (exact) mass is 359 g/mol. The number of hydrogen-bond acceptors (Lipinski definition) is 4. The van der Waals surface area contributed by atoms with Crippen molar-refractivity contribution in [3.05, 3.63) is 30.6 Å². The lowest BCUT2D eigenvalue weighted by Gasteiger charge is -2.36. The number of aromatic nitrogens is 2. The molecule has 1 amide bonds. The van der Waals surface area contributed by atoms with Crippen molar-refractivity contribution in [2.75, 3.05) is 24.6 Å². The second kappa shape index (κ2) is 7.00. The molecule has 1 saturated carbocycles. The number of imidazole rings is 1. The number of nitrogens with zero attached hydrogens (tertiary/aromatic N) is 3. The first-order valence-electron chi connectivity index (χ1n) is 9.12. The van der Waals surface area contributed by atoms with Crippen LogP contribution in [0.4, 0.5) is 0 Å². The van der Waals surface area contributed by atoms with E-state index in [0.717, 1.165) is 42.7 Å². The first kappa shape index (κ1) is 16.9. The van der Waals surface area contributed by atoms with E-state index < -0.39 is 0 Å². The molecule has 134 valence electrons. The number of hydrogen-bond donors (Lipinski definition) is 1. The Kier molecular flexibility index (Phi) is 4.73. The van der Waals surface area contributed by atoms with Crippen LogP contribution in [0.25, 0.3) is 11.0 Å². The highest BCUT2D eigenvalue weighted by molar-refractivity contribution is 7.99. The number of amides is 1. The Balaban J connectivity index is 1.50. The first-order valence-corrected chi connectivity index (χ1v) is 10.3. The average Bonchev–Trinajstić information content (AvgIpc) is 3.22. The van der Waals surface area contributed by atoms with E-state index in [0.29, 0.717) is 17.6 Å². The molecule has 0 bridgehead atoms. The molecular weight excluding hydrogens is 334 g/mol. The third-order valence-corrected chi connectivity index (χ3v) is 6.59. The number of aliphatic hydroxyl groups excluding tert-OH is 1. The predicted octanol–water partition coefficient (Wildman–Crippen LogP) is 2.56. The van der Waals surface area contributed by atoms with Gasteiger partial charge in [0.2, 0.25) is 5.91 Å². The molecule has 6 heteroatoms. The molecule has 1 N–H and O–H groups in total. The van der Waals surface area contributed by atoms with Gasteiger partial charge in [-0.05, 0) is 42.6 Å². The van der Waals surface area contributed by atoms with Crippen LogP contribution in [-0.2, 0) is 4.79 Å². The Morgan fingerprint density at radius 1 is 1.28 bits per heavy atom. The molecule has 1 aliphatic carbocycles. The molecule has 2 heterocycles. The summed E-state index contributed by atoms with van der Waals surface area (Å²) in [4.78, 5) is 18.8. The Morgan fingerprint density at radius 2 is 2.04 bits per heavy atom. The standard InChI is InChI=1S/C19H25N3O2S/c1-2-25-11-19(24)21-9-13-7-17(18(23)8-14(13)10-21)22-12-20-15-5-3-4-6-16(15)22/h3-6,12-14,17-18,23H,2,7-11H2,1H3/t13-,14+,17-,18-/m1/s1. The molecule has 5 nitrogen and oxygen atoms in total. The number of thioether (sulfide) groups is 1. The van der Waals surface area contributed by atoms with E-state index in [9.17, 15) is 9.90 Å². The van der Waals surface area contributed by atoms with Gasteiger partial charge in [0.25, 0.3) is 0 Å². The quantitative estimate of drug-likeness (QED) is 0.911. The smallest absolute Gasteiger partial charge is 0.232 e. The fraction of sp³-hybridized carbons (Fsp3) is 0.579. The zero-order chi connectivity index (χ0) is 17.4. The second-order valence-corrected chi connectivity index (χ2v) is 8.48. The maximum Gasteiger partial charge on any atom is 0.232 e. The molecule has 4 atom stereocenters. The van der Waals surface area contributed by atoms with E-state index in [4.69, 9.17) is 0 Å². The summed E-state index contributed by atoms with van der Waals surface area (Å²) in [6, 6.07) is 8.12. The lowest BCUT2D eigenvalue weighted by atomic mass is 9.77. The number of aliphatic hydroxyl groups is 1. The molecule has 2 aliphatic rings. The summed E-state index contributed by atoms with van der Waals surface area (Å²) in [5.74, 6) is 2.71. The third-order valence-electron chi connectivity index (χ3n) is 5.73. The van der Waals surface area contributed by atoms with Gasteiger partial charge in [-0.25, -0.2) is 4.98 Å². The Labute approximate surface area is 152 Å². The minimum atomic E-state index is -0.376. The second-order valence-electron chi connectivity index (χ2n) is 7.20. The van der Waals surface area contributed by atoms with Gasteiger partial charge in [-0.15, -0.1) is 0 Å². The summed E-state index contributed by atoms with van der Waals surface area (Å²) in [6.45, 7) is 3.73. The van der Waals surface area contributed by atoms with Crippen molar-refractivity contribution < 1.29 is 9.90 Å². The van der Waals surface area contributed by atoms with E-state index in [2.05, 4.69) is 22.5 Å². The normalized spacial score (nSPS) is 29.1. The summed E-state index contributed by atoms with van der Waals surface area (Å²) in [6.07, 6.45) is 3.16. The number of fused-ring (bicyclic) bond motifs is 2. The summed E-state index contributed by atoms with van der Waals surface area (Å²) < 4.78 is 2.13. The van der Waals surface area contributed by atoms with Crippen LogP contribution in [0, 0.1) is 11.8 Å². The van der Waals surface area contributed by atoms with Crippen molar-refractivity contribution in [2.24, 2.45) is 11.8 Å². The topological polar surface area (TPSA) is 58.4 Å². The summed E-state index contributed by atoms with van der Waals surface area (Å²) >= 11 is 1.68. The first-order chi connectivity index (χ1) is 12.2. The van der Waals surface area contributed by atoms with Gasteiger partial charge in [0.1, 0.15) is 0 Å². The van der Waals surface area contributed by atoms with Gasteiger partial charge in [0.05, 0.1) is 35.3 Å². The van der Waals surface area contributed by atoms with Crippen LogP contribution in [0.3, 0.4) is 0 Å². The van der Waals surface area contributed by atoms with Crippen molar-refractivity contribution in [3.8, 4) is 0 Å². The fourth-order valence-electron chi connectivity index (χ4n) is 4.43. The largest absolute Gasteiger partial charge is 0.391 e. The summed E-state index contributed by atoms with van der Waals surface area (Å²) in [5, 5.41) is 10.8. The molecule has 1 saturated heterocycles. The van der Waals surface area contributed by atoms with Crippen molar-refractivity contribution >= 4 is 28.7 Å². The molecule has 25 heavy (non-hydrogen) atoms. The molecule has 4 rings (SSSR count). The number of likely N-dealkylation sites (tertiary alicyclic amines) is 1. The van der Waals surface area contributed by atoms with Crippen molar-refractivity contribution in [3.63, 3.8) is 0 Å². The van der Waals surface area contributed by atoms with Gasteiger partial charge in [0, 0.05) is 13.1 Å². The molecule has 1 aliphatic heterocycles. The van der Waals surface area contributed by atoms with Crippen molar-refractivity contribution in [2.45, 2.75) is 31.9 Å². The predicted molar refractivity (Wildman–Crippen MR) is 101 cm³/mol. The number of carbonyl (C=O) groups is 1. The van der Waals surface area contributed by atoms with Gasteiger partial charge in [-0.2, -0.15) is 11.8 Å². The Bertz CT molecular complexity index is 762. The molecular formula is C19H25N3O2S. The van der Waals surface area contributed by atoms with Crippen LogP contribution in [0.2, 0.25) is 0 Å². The van der Waals surface area contributed by atoms with Gasteiger partial charge < -0.3 is 14.6 Å². The third kappa shape index (κ3) is 3.17. The van der Waals surface area contributed by atoms with Gasteiger partial charge in [-0.1, -0.05) is 19.1 Å². The van der Waals surface area contributed by atoms with Crippen molar-refractivity contribution in [1.82, 2.24) is 14.5 Å². The zero-order valence-corrected chi connectivity index (χ0v) is 15.4. The van der Waals surface area contributed by atoms with Gasteiger partial charge in [-0.3, -0.25) is 4.79 Å². The lowest BCUT2D eigenvalue weighted by Crippen LogP contribution is -2.36. The molecule has 1 aromatic carbocycles. The van der Waals surface area contributed by atoms with E-state index in [1.807, 2.05) is 29.4 Å². The van der Waals surface area contributed by atoms with E-state index in [1.165, 1.54) is 0 Å². The molecule has 2 aromatic rings. The fourth-order valence-corrected chi connectivity index (χ4v) is 4.99. The molecule has 0 unspecified atom stereocenters. The van der Waals surface area contributed by atoms with Crippen LogP contribution < -0.4 is 0 Å². The highest BCUT2D eigenvalue weighted by atomic mass is 32.2. The SMILES string of the molecule is CCSCC(=O)N1C[C@H]2C[C@@H](n3cnc4ccccc43)[C@H](O)C[C@H]2C1. The van der Waals surface area contributed by atoms with E-state index >= 15 is 0 Å². The van der Waals surface area contributed by atoms with Crippen LogP contribution >= 0.6 is 11.8 Å². The van der Waals surface area contributed by atoms with Crippen molar-refractivity contribution in [1.29, 1.82) is 0 Å². The Morgan fingerprint density at radius 3 is 2.84 bits per heavy atom. The lowest BCUT2D eigenvalue weighted by molar-refractivity contribution is -0.127. The molecule has 0 spiro atoms. The van der Waals surface area contributed by atoms with Gasteiger partial charge in [0.15, 0.2) is 0 Å². The minimum absolute atomic E-state index is 0.0497. The summed E-state index contributed by atoms with van der Waals surface area (Å²) in [7, 11) is 0. The maximum absolute atomic E-state index is 12.3. The van der Waals surface area contributed by atoms with Crippen LogP contribution in [0.1, 0.15) is 25.8 Å². The highest BCUT2D eigenvalue weighted by Gasteiger charge is 2.43. The molecule has 1 aromatic heterocycles. The summed E-state index contributed by atoms with van der Waals surface area (Å²) in [5.41, 5.74) is 2.05. The van der Waals surface area contributed by atoms with E-state index in [1.54, 1.807) is 11.8 Å². The van der Waals surface area contributed by atoms with Crippen LogP contribution in [0.5, 0.6) is 0 Å². The molecule has 0 radical (unpaired) electrons. The maximum atomic E-state index is 12.3. The van der Waals surface area contributed by atoms with Gasteiger partial charge >= 0.3 is 0 Å². The number of rotatable bonds is 4. The average molecular weight is 359 g/mol.